The molecule has 5 heteroatoms. The van der Waals surface area contributed by atoms with Crippen molar-refractivity contribution >= 4 is 11.9 Å². The van der Waals surface area contributed by atoms with Gasteiger partial charge in [0, 0.05) is 19.1 Å². The number of carbonyl (C=O) groups is 2. The lowest BCUT2D eigenvalue weighted by Gasteiger charge is -2.42. The smallest absolute Gasteiger partial charge is 0.308 e. The highest BCUT2D eigenvalue weighted by molar-refractivity contribution is 5.83. The minimum atomic E-state index is -0.767. The van der Waals surface area contributed by atoms with E-state index in [0.717, 1.165) is 31.7 Å². The normalized spacial score (nSPS) is 36.9. The fourth-order valence-electron chi connectivity index (χ4n) is 4.29. The predicted molar refractivity (Wildman–Crippen MR) is 78.8 cm³/mol. The molecule has 5 nitrogen and oxygen atoms in total. The molecule has 0 spiro atoms. The maximum absolute atomic E-state index is 12.7. The van der Waals surface area contributed by atoms with Gasteiger partial charge < -0.3 is 15.3 Å². The van der Waals surface area contributed by atoms with Crippen LogP contribution in [0.2, 0.25) is 0 Å². The number of carboxylic acid groups (broad SMARTS) is 1. The molecule has 3 aliphatic rings. The highest BCUT2D eigenvalue weighted by Gasteiger charge is 2.37. The van der Waals surface area contributed by atoms with Gasteiger partial charge in [-0.3, -0.25) is 9.59 Å². The Labute approximate surface area is 126 Å². The van der Waals surface area contributed by atoms with Crippen LogP contribution < -0.4 is 5.32 Å². The van der Waals surface area contributed by atoms with Gasteiger partial charge in [0.15, 0.2) is 0 Å². The van der Waals surface area contributed by atoms with Crippen LogP contribution in [0.1, 0.15) is 51.4 Å². The van der Waals surface area contributed by atoms with Crippen LogP contribution in [0.3, 0.4) is 0 Å². The topological polar surface area (TPSA) is 69.6 Å². The summed E-state index contributed by atoms with van der Waals surface area (Å²) in [7, 11) is 0. The molecule has 0 aromatic heterocycles. The van der Waals surface area contributed by atoms with Gasteiger partial charge in [-0.25, -0.2) is 0 Å². The highest BCUT2D eigenvalue weighted by atomic mass is 16.4. The fourth-order valence-corrected chi connectivity index (χ4v) is 4.29. The maximum atomic E-state index is 12.7. The number of likely N-dealkylation sites (tertiary alicyclic amines) is 1. The summed E-state index contributed by atoms with van der Waals surface area (Å²) in [4.78, 5) is 25.6. The first-order valence-electron chi connectivity index (χ1n) is 8.43. The number of aliphatic carboxylic acids is 1. The Bertz CT molecular complexity index is 412. The van der Waals surface area contributed by atoms with Crippen molar-refractivity contribution in [3.63, 3.8) is 0 Å². The van der Waals surface area contributed by atoms with Crippen LogP contribution in [0.5, 0.6) is 0 Å². The quantitative estimate of drug-likeness (QED) is 0.812. The molecule has 2 saturated heterocycles. The standard InChI is InChI=1S/C16H26N2O3/c19-15(18-9-3-5-12(10-18)16(20)21)14-8-7-11-4-1-2-6-13(11)17-14/h11-14,17H,1-10H2,(H,20,21)/t11?,12-,13?,14?/m1/s1. The van der Waals surface area contributed by atoms with Gasteiger partial charge in [-0.05, 0) is 44.4 Å². The van der Waals surface area contributed by atoms with E-state index in [1.54, 1.807) is 4.90 Å². The summed E-state index contributed by atoms with van der Waals surface area (Å²) in [6, 6.07) is 0.415. The summed E-state index contributed by atoms with van der Waals surface area (Å²) in [5.41, 5.74) is 0. The van der Waals surface area contributed by atoms with Crippen molar-refractivity contribution in [3.05, 3.63) is 0 Å². The lowest BCUT2D eigenvalue weighted by molar-refractivity contribution is -0.146. The molecule has 3 fully saturated rings. The predicted octanol–water partition coefficient (Wildman–Crippen LogP) is 1.62. The second-order valence-electron chi connectivity index (χ2n) is 6.91. The zero-order chi connectivity index (χ0) is 14.8. The molecule has 1 saturated carbocycles. The Morgan fingerprint density at radius 1 is 1.00 bits per heavy atom. The van der Waals surface area contributed by atoms with Crippen LogP contribution in [0.25, 0.3) is 0 Å². The number of piperidine rings is 2. The van der Waals surface area contributed by atoms with Gasteiger partial charge in [0.25, 0.3) is 0 Å². The molecule has 4 atom stereocenters. The molecule has 0 aromatic carbocycles. The van der Waals surface area contributed by atoms with E-state index in [0.29, 0.717) is 19.0 Å². The van der Waals surface area contributed by atoms with Gasteiger partial charge in [-0.1, -0.05) is 12.8 Å². The van der Waals surface area contributed by atoms with Gasteiger partial charge in [-0.2, -0.15) is 0 Å². The van der Waals surface area contributed by atoms with Crippen molar-refractivity contribution in [3.8, 4) is 0 Å². The molecular weight excluding hydrogens is 268 g/mol. The number of rotatable bonds is 2. The average molecular weight is 294 g/mol. The number of carbonyl (C=O) groups excluding carboxylic acids is 1. The van der Waals surface area contributed by atoms with Gasteiger partial charge in [0.05, 0.1) is 12.0 Å². The van der Waals surface area contributed by atoms with E-state index in [-0.39, 0.29) is 17.9 Å². The van der Waals surface area contributed by atoms with Crippen LogP contribution in [-0.4, -0.2) is 47.1 Å². The largest absolute Gasteiger partial charge is 0.481 e. The van der Waals surface area contributed by atoms with Gasteiger partial charge in [0.1, 0.15) is 0 Å². The number of carboxylic acids is 1. The molecule has 2 N–H and O–H groups in total. The second-order valence-corrected chi connectivity index (χ2v) is 6.91. The minimum Gasteiger partial charge on any atom is -0.481 e. The Hall–Kier alpha value is -1.10. The van der Waals surface area contributed by atoms with Crippen molar-refractivity contribution in [2.75, 3.05) is 13.1 Å². The van der Waals surface area contributed by atoms with Crippen molar-refractivity contribution in [2.24, 2.45) is 11.8 Å². The lowest BCUT2D eigenvalue weighted by Crippen LogP contribution is -2.57. The number of hydrogen-bond donors (Lipinski definition) is 2. The number of fused-ring (bicyclic) bond motifs is 1. The van der Waals surface area contributed by atoms with E-state index in [4.69, 9.17) is 5.11 Å². The minimum absolute atomic E-state index is 0.0862. The first kappa shape index (κ1) is 14.8. The summed E-state index contributed by atoms with van der Waals surface area (Å²) >= 11 is 0. The molecule has 0 aromatic rings. The van der Waals surface area contributed by atoms with Crippen molar-refractivity contribution < 1.29 is 14.7 Å². The fraction of sp³-hybridized carbons (Fsp3) is 0.875. The number of nitrogens with one attached hydrogen (secondary N) is 1. The average Bonchev–Trinajstić information content (AvgIpc) is 2.53. The number of nitrogens with zero attached hydrogens (tertiary/aromatic N) is 1. The Kier molecular flexibility index (Phi) is 4.48. The summed E-state index contributed by atoms with van der Waals surface area (Å²) in [6.07, 6.45) is 8.63. The van der Waals surface area contributed by atoms with Crippen LogP contribution >= 0.6 is 0 Å². The zero-order valence-corrected chi connectivity index (χ0v) is 12.6. The third kappa shape index (κ3) is 3.23. The SMILES string of the molecule is O=C(O)[C@@H]1CCCN(C(=O)C2CCC3CCCCC3N2)C1. The molecule has 2 aliphatic heterocycles. The maximum Gasteiger partial charge on any atom is 0.308 e. The zero-order valence-electron chi connectivity index (χ0n) is 12.6. The number of hydrogen-bond acceptors (Lipinski definition) is 3. The molecule has 21 heavy (non-hydrogen) atoms. The highest BCUT2D eigenvalue weighted by Crippen LogP contribution is 2.32. The van der Waals surface area contributed by atoms with Crippen LogP contribution in [-0.2, 0) is 9.59 Å². The summed E-state index contributed by atoms with van der Waals surface area (Å²) in [6.45, 7) is 1.11. The molecule has 2 heterocycles. The van der Waals surface area contributed by atoms with E-state index in [1.807, 2.05) is 0 Å². The molecule has 3 rings (SSSR count). The van der Waals surface area contributed by atoms with Gasteiger partial charge in [0.2, 0.25) is 5.91 Å². The molecule has 1 amide bonds. The van der Waals surface area contributed by atoms with Crippen molar-refractivity contribution in [2.45, 2.75) is 63.5 Å². The van der Waals surface area contributed by atoms with Gasteiger partial charge >= 0.3 is 5.97 Å². The second kappa shape index (κ2) is 6.34. The molecule has 1 aliphatic carbocycles. The monoisotopic (exact) mass is 294 g/mol. The van der Waals surface area contributed by atoms with E-state index in [2.05, 4.69) is 5.32 Å². The van der Waals surface area contributed by atoms with Crippen LogP contribution in [0.4, 0.5) is 0 Å². The lowest BCUT2D eigenvalue weighted by atomic mass is 9.77. The van der Waals surface area contributed by atoms with E-state index < -0.39 is 5.97 Å². The molecule has 0 radical (unpaired) electrons. The van der Waals surface area contributed by atoms with E-state index >= 15 is 0 Å². The first-order chi connectivity index (χ1) is 10.1. The molecule has 0 bridgehead atoms. The number of amides is 1. The Morgan fingerprint density at radius 2 is 1.81 bits per heavy atom. The summed E-state index contributed by atoms with van der Waals surface area (Å²) in [5, 5.41) is 12.7. The third-order valence-electron chi connectivity index (χ3n) is 5.53. The molecular formula is C16H26N2O3. The van der Waals surface area contributed by atoms with Gasteiger partial charge in [-0.15, -0.1) is 0 Å². The van der Waals surface area contributed by atoms with Crippen molar-refractivity contribution in [1.82, 2.24) is 10.2 Å². The third-order valence-corrected chi connectivity index (χ3v) is 5.53. The Balaban J connectivity index is 1.58. The molecule has 118 valence electrons. The Morgan fingerprint density at radius 3 is 2.62 bits per heavy atom. The van der Waals surface area contributed by atoms with Crippen molar-refractivity contribution in [1.29, 1.82) is 0 Å². The first-order valence-corrected chi connectivity index (χ1v) is 8.43. The van der Waals surface area contributed by atoms with E-state index in [1.165, 1.54) is 25.7 Å². The summed E-state index contributed by atoms with van der Waals surface area (Å²) in [5.74, 6) is -0.272. The summed E-state index contributed by atoms with van der Waals surface area (Å²) < 4.78 is 0. The molecule has 3 unspecified atom stereocenters. The van der Waals surface area contributed by atoms with E-state index in [9.17, 15) is 9.59 Å². The van der Waals surface area contributed by atoms with Crippen LogP contribution in [0.15, 0.2) is 0 Å². The van der Waals surface area contributed by atoms with Crippen LogP contribution in [0, 0.1) is 11.8 Å².